The van der Waals surface area contributed by atoms with Crippen LogP contribution in [0.15, 0.2) is 0 Å². The van der Waals surface area contributed by atoms with E-state index in [0.717, 1.165) is 25.7 Å². The number of hydrogen-bond donors (Lipinski definition) is 1. The van der Waals surface area contributed by atoms with Crippen molar-refractivity contribution in [3.8, 4) is 0 Å². The Morgan fingerprint density at radius 3 is 2.22 bits per heavy atom. The topological polar surface area (TPSA) is 72.8 Å². The van der Waals surface area contributed by atoms with E-state index in [1.165, 1.54) is 0 Å². The van der Waals surface area contributed by atoms with Crippen LogP contribution >= 0.6 is 0 Å². The summed E-state index contributed by atoms with van der Waals surface area (Å²) in [7, 11) is 0. The predicted octanol–water partition coefficient (Wildman–Crippen LogP) is 1.88. The molecule has 0 bridgehead atoms. The van der Waals surface area contributed by atoms with Crippen LogP contribution in [0, 0.1) is 0 Å². The van der Waals surface area contributed by atoms with Crippen LogP contribution in [-0.4, -0.2) is 42.4 Å². The Hall–Kier alpha value is -0.301. The summed E-state index contributed by atoms with van der Waals surface area (Å²) < 4.78 is 12.4. The monoisotopic (exact) mass is 366 g/mol. The summed E-state index contributed by atoms with van der Waals surface area (Å²) in [5.74, 6) is -1.14. The van der Waals surface area contributed by atoms with Crippen LogP contribution in [0.25, 0.3) is 0 Å². The summed E-state index contributed by atoms with van der Waals surface area (Å²) in [6.45, 7) is 4.10. The molecule has 104 valence electrons. The molecular weight excluding hydrogens is 343 g/mol. The van der Waals surface area contributed by atoms with Gasteiger partial charge in [0, 0.05) is 0 Å². The average molecular weight is 365 g/mol. The van der Waals surface area contributed by atoms with E-state index in [-0.39, 0.29) is 6.42 Å². The zero-order chi connectivity index (χ0) is 13.6. The molecule has 0 aromatic carbocycles. The molecule has 5 nitrogen and oxygen atoms in total. The third kappa shape index (κ3) is 4.42. The molecule has 0 amide bonds. The molecule has 1 aliphatic rings. The molecule has 6 heteroatoms. The quantitative estimate of drug-likeness (QED) is 0.728. The molecule has 1 rings (SSSR count). The van der Waals surface area contributed by atoms with Crippen molar-refractivity contribution in [1.82, 2.24) is 0 Å². The predicted molar refractivity (Wildman–Crippen MR) is 68.0 cm³/mol. The maximum absolute atomic E-state index is 11.6. The molecule has 1 unspecified atom stereocenters. The third-order valence-corrected chi connectivity index (χ3v) is 12.8. The number of rotatable bonds is 6. The van der Waals surface area contributed by atoms with Gasteiger partial charge in [0.15, 0.2) is 0 Å². The minimum atomic E-state index is -3.64. The van der Waals surface area contributed by atoms with Gasteiger partial charge in [0.1, 0.15) is 0 Å². The van der Waals surface area contributed by atoms with Gasteiger partial charge in [-0.05, 0) is 0 Å². The minimum absolute atomic E-state index is 0.268. The van der Waals surface area contributed by atoms with Gasteiger partial charge < -0.3 is 0 Å². The molecule has 1 heterocycles. The SMILES string of the molecule is CCC[CH2][Sn]1([CH2]CCC)[O]C(=O)CC(O)C(=O)[O]1. The van der Waals surface area contributed by atoms with Crippen molar-refractivity contribution in [3.63, 3.8) is 0 Å². The molecule has 0 aromatic heterocycles. The number of carbonyl (C=O) groups is 2. The summed E-state index contributed by atoms with van der Waals surface area (Å²) in [6, 6.07) is 0. The van der Waals surface area contributed by atoms with Gasteiger partial charge in [-0.2, -0.15) is 0 Å². The fourth-order valence-electron chi connectivity index (χ4n) is 1.98. The Kier molecular flexibility index (Phi) is 6.41. The Morgan fingerprint density at radius 2 is 1.72 bits per heavy atom. The number of carbonyl (C=O) groups excluding carboxylic acids is 2. The van der Waals surface area contributed by atoms with E-state index in [0.29, 0.717) is 8.87 Å². The molecule has 0 saturated carbocycles. The molecule has 0 aliphatic carbocycles. The Labute approximate surface area is 113 Å². The first-order chi connectivity index (χ1) is 8.53. The van der Waals surface area contributed by atoms with Gasteiger partial charge in [-0.25, -0.2) is 0 Å². The molecule has 1 atom stereocenters. The number of aliphatic hydroxyl groups is 1. The molecular formula is C12H22O5Sn. The molecule has 1 N–H and O–H groups in total. The van der Waals surface area contributed by atoms with Crippen molar-refractivity contribution in [2.45, 2.75) is 60.9 Å². The summed E-state index contributed by atoms with van der Waals surface area (Å²) in [6.07, 6.45) is 2.13. The van der Waals surface area contributed by atoms with Crippen LogP contribution in [0.5, 0.6) is 0 Å². The number of unbranched alkanes of at least 4 members (excludes halogenated alkanes) is 2. The van der Waals surface area contributed by atoms with Crippen molar-refractivity contribution in [2.24, 2.45) is 0 Å². The van der Waals surface area contributed by atoms with Crippen LogP contribution in [0.2, 0.25) is 8.87 Å². The fourth-order valence-corrected chi connectivity index (χ4v) is 11.9. The van der Waals surface area contributed by atoms with Gasteiger partial charge in [0.2, 0.25) is 0 Å². The van der Waals surface area contributed by atoms with Crippen LogP contribution in [-0.2, 0) is 15.7 Å². The van der Waals surface area contributed by atoms with Crippen molar-refractivity contribution in [1.29, 1.82) is 0 Å². The zero-order valence-corrected chi connectivity index (χ0v) is 14.0. The Bertz CT molecular complexity index is 297. The van der Waals surface area contributed by atoms with Crippen molar-refractivity contribution >= 4 is 31.1 Å². The maximum atomic E-state index is 11.6. The second-order valence-electron chi connectivity index (χ2n) is 4.73. The van der Waals surface area contributed by atoms with Gasteiger partial charge in [0.05, 0.1) is 0 Å². The molecule has 18 heavy (non-hydrogen) atoms. The second-order valence-corrected chi connectivity index (χ2v) is 14.0. The van der Waals surface area contributed by atoms with Crippen molar-refractivity contribution < 1.29 is 20.8 Å². The number of aliphatic hydroxyl groups excluding tert-OH is 1. The van der Waals surface area contributed by atoms with E-state index in [1.807, 2.05) is 0 Å². The van der Waals surface area contributed by atoms with Crippen molar-refractivity contribution in [3.05, 3.63) is 0 Å². The first-order valence-electron chi connectivity index (χ1n) is 6.65. The van der Waals surface area contributed by atoms with Gasteiger partial charge in [-0.3, -0.25) is 0 Å². The summed E-state index contributed by atoms with van der Waals surface area (Å²) in [4.78, 5) is 23.3. The molecule has 0 aromatic rings. The van der Waals surface area contributed by atoms with E-state index in [9.17, 15) is 14.7 Å². The van der Waals surface area contributed by atoms with Crippen LogP contribution < -0.4 is 0 Å². The van der Waals surface area contributed by atoms with E-state index >= 15 is 0 Å². The molecule has 1 saturated heterocycles. The fraction of sp³-hybridized carbons (Fsp3) is 0.833. The standard InChI is InChI=1S/C4H6O5.2C4H9.Sn/c5-2(4(8)9)1-3(6)7;2*1-3-4-2;/h2,5H,1H2,(H,6,7)(H,8,9);2*1,3-4H2,2H3;/q;;;+2/p-2. The first kappa shape index (κ1) is 15.8. The summed E-state index contributed by atoms with van der Waals surface area (Å²) in [5, 5.41) is 9.47. The van der Waals surface area contributed by atoms with Gasteiger partial charge in [-0.1, -0.05) is 0 Å². The second kappa shape index (κ2) is 7.33. The first-order valence-corrected chi connectivity index (χ1v) is 13.0. The van der Waals surface area contributed by atoms with E-state index < -0.39 is 37.2 Å². The third-order valence-electron chi connectivity index (χ3n) is 3.04. The van der Waals surface area contributed by atoms with Crippen LogP contribution in [0.1, 0.15) is 46.0 Å². The van der Waals surface area contributed by atoms with Gasteiger partial charge >= 0.3 is 113 Å². The van der Waals surface area contributed by atoms with Gasteiger partial charge in [0.25, 0.3) is 0 Å². The van der Waals surface area contributed by atoms with E-state index in [1.54, 1.807) is 0 Å². The normalized spacial score (nSPS) is 23.2. The zero-order valence-electron chi connectivity index (χ0n) is 11.1. The van der Waals surface area contributed by atoms with Gasteiger partial charge in [-0.15, -0.1) is 0 Å². The molecule has 0 spiro atoms. The van der Waals surface area contributed by atoms with Crippen molar-refractivity contribution in [2.75, 3.05) is 0 Å². The summed E-state index contributed by atoms with van der Waals surface area (Å²) in [5.41, 5.74) is 0. The molecule has 1 fully saturated rings. The van der Waals surface area contributed by atoms with E-state index in [4.69, 9.17) is 6.15 Å². The molecule has 1 aliphatic heterocycles. The molecule has 0 radical (unpaired) electrons. The van der Waals surface area contributed by atoms with E-state index in [2.05, 4.69) is 13.8 Å². The van der Waals surface area contributed by atoms with Crippen LogP contribution in [0.3, 0.4) is 0 Å². The Morgan fingerprint density at radius 1 is 1.17 bits per heavy atom. The Balaban J connectivity index is 2.83. The summed E-state index contributed by atoms with van der Waals surface area (Å²) >= 11 is -3.64. The van der Waals surface area contributed by atoms with Crippen LogP contribution in [0.4, 0.5) is 0 Å². The average Bonchev–Trinajstić information content (AvgIpc) is 2.42. The number of hydrogen-bond acceptors (Lipinski definition) is 5.